The second kappa shape index (κ2) is 9.85. The summed E-state index contributed by atoms with van der Waals surface area (Å²) < 4.78 is 17.5. The van der Waals surface area contributed by atoms with E-state index in [1.165, 1.54) is 37.8 Å². The Morgan fingerprint density at radius 3 is 2.23 bits per heavy atom. The first-order chi connectivity index (χ1) is 16.8. The molecule has 4 rings (SSSR count). The first-order valence-corrected chi connectivity index (χ1v) is 11.6. The molecule has 0 bridgehead atoms. The number of aromatic nitrogens is 2. The average Bonchev–Trinajstić information content (AvgIpc) is 3.28. The maximum atomic E-state index is 12.8. The summed E-state index contributed by atoms with van der Waals surface area (Å²) in [6.07, 6.45) is 4.55. The lowest BCUT2D eigenvalue weighted by Gasteiger charge is -2.25. The predicted molar refractivity (Wildman–Crippen MR) is 128 cm³/mol. The largest absolute Gasteiger partial charge is 0.494 e. The van der Waals surface area contributed by atoms with Gasteiger partial charge in [0.05, 0.1) is 33.1 Å². The van der Waals surface area contributed by atoms with E-state index in [-0.39, 0.29) is 29.6 Å². The molecule has 1 amide bonds. The summed E-state index contributed by atoms with van der Waals surface area (Å²) in [5, 5.41) is 16.7. The van der Waals surface area contributed by atoms with Crippen LogP contribution in [0, 0.1) is 0 Å². The van der Waals surface area contributed by atoms with Crippen LogP contribution >= 0.6 is 0 Å². The zero-order valence-electron chi connectivity index (χ0n) is 20.3. The van der Waals surface area contributed by atoms with Crippen molar-refractivity contribution in [3.63, 3.8) is 0 Å². The molecule has 35 heavy (non-hydrogen) atoms. The molecule has 1 saturated carbocycles. The van der Waals surface area contributed by atoms with E-state index in [9.17, 15) is 19.5 Å². The van der Waals surface area contributed by atoms with Gasteiger partial charge in [0, 0.05) is 19.4 Å². The summed E-state index contributed by atoms with van der Waals surface area (Å²) in [5.74, 6) is 0.449. The van der Waals surface area contributed by atoms with Crippen molar-refractivity contribution in [1.82, 2.24) is 14.6 Å². The van der Waals surface area contributed by atoms with Crippen LogP contribution in [-0.4, -0.2) is 52.6 Å². The maximum absolute atomic E-state index is 12.8. The molecule has 0 saturated heterocycles. The summed E-state index contributed by atoms with van der Waals surface area (Å²) in [4.78, 5) is 40.2. The van der Waals surface area contributed by atoms with Crippen LogP contribution in [0.3, 0.4) is 0 Å². The van der Waals surface area contributed by atoms with E-state index in [2.05, 4.69) is 10.1 Å². The maximum Gasteiger partial charge on any atom is 0.331 e. The summed E-state index contributed by atoms with van der Waals surface area (Å²) in [7, 11) is 4.48. The first kappa shape index (κ1) is 24.4. The molecule has 11 heteroatoms. The quantitative estimate of drug-likeness (QED) is 0.640. The first-order valence-electron chi connectivity index (χ1n) is 11.6. The third kappa shape index (κ3) is 4.38. The van der Waals surface area contributed by atoms with Gasteiger partial charge in [0.25, 0.3) is 5.56 Å². The lowest BCUT2D eigenvalue weighted by Crippen LogP contribution is -2.36. The van der Waals surface area contributed by atoms with Gasteiger partial charge in [-0.2, -0.15) is 5.10 Å². The SMILES string of the molecule is COc1cc([C@@H]2CC(c3c(O)n(C4CCCCC4)c(=O)[nH]c3=O)=NN2C(C)=O)cc(OC)c1OC. The minimum atomic E-state index is -0.743. The van der Waals surface area contributed by atoms with E-state index in [0.29, 0.717) is 22.8 Å². The van der Waals surface area contributed by atoms with Gasteiger partial charge in [-0.1, -0.05) is 19.3 Å². The van der Waals surface area contributed by atoms with E-state index >= 15 is 0 Å². The van der Waals surface area contributed by atoms with Gasteiger partial charge >= 0.3 is 5.69 Å². The lowest BCUT2D eigenvalue weighted by molar-refractivity contribution is -0.130. The number of aromatic amines is 1. The number of nitrogens with zero attached hydrogens (tertiary/aromatic N) is 3. The smallest absolute Gasteiger partial charge is 0.331 e. The topological polar surface area (TPSA) is 135 Å². The van der Waals surface area contributed by atoms with Crippen molar-refractivity contribution in [2.75, 3.05) is 21.3 Å². The zero-order chi connectivity index (χ0) is 25.3. The normalized spacial score (nSPS) is 18.3. The molecule has 1 aliphatic heterocycles. The standard InChI is InChI=1S/C24H30N4O7/c1-13(29)28-17(14-10-18(33-2)21(35-4)19(11-14)34-3)12-16(26-28)20-22(30)25-24(32)27(23(20)31)15-8-6-5-7-9-15/h10-11,15,17,31H,5-9,12H2,1-4H3,(H,25,30,32)/t17-/m0/s1. The molecule has 188 valence electrons. The third-order valence-electron chi connectivity index (χ3n) is 6.65. The number of methoxy groups -OCH3 is 3. The van der Waals surface area contributed by atoms with Gasteiger partial charge in [0.2, 0.25) is 17.5 Å². The van der Waals surface area contributed by atoms with E-state index in [1.54, 1.807) is 12.1 Å². The molecule has 1 atom stereocenters. The average molecular weight is 487 g/mol. The van der Waals surface area contributed by atoms with Crippen LogP contribution in [0.2, 0.25) is 0 Å². The van der Waals surface area contributed by atoms with Gasteiger partial charge in [-0.05, 0) is 30.5 Å². The van der Waals surface area contributed by atoms with Crippen LogP contribution < -0.4 is 25.5 Å². The molecule has 2 heterocycles. The Hall–Kier alpha value is -3.76. The summed E-state index contributed by atoms with van der Waals surface area (Å²) in [6.45, 7) is 1.37. The molecule has 11 nitrogen and oxygen atoms in total. The molecule has 0 radical (unpaired) electrons. The Kier molecular flexibility index (Phi) is 6.86. The fourth-order valence-corrected chi connectivity index (χ4v) is 4.98. The molecule has 2 aromatic rings. The van der Waals surface area contributed by atoms with E-state index in [4.69, 9.17) is 14.2 Å². The number of H-pyrrole nitrogens is 1. The molecular formula is C24H30N4O7. The van der Waals surface area contributed by atoms with Crippen LogP contribution in [0.4, 0.5) is 0 Å². The highest BCUT2D eigenvalue weighted by atomic mass is 16.5. The number of carbonyl (C=O) groups is 1. The Bertz CT molecular complexity index is 1250. The number of amides is 1. The number of hydrogen-bond acceptors (Lipinski definition) is 8. The number of hydrogen-bond donors (Lipinski definition) is 2. The second-order valence-corrected chi connectivity index (χ2v) is 8.71. The van der Waals surface area contributed by atoms with Crippen molar-refractivity contribution in [3.05, 3.63) is 44.1 Å². The number of carbonyl (C=O) groups excluding carboxylic acids is 1. The minimum absolute atomic E-state index is 0.101. The molecule has 1 aliphatic carbocycles. The molecule has 1 fully saturated rings. The fraction of sp³-hybridized carbons (Fsp3) is 0.500. The lowest BCUT2D eigenvalue weighted by atomic mass is 9.94. The van der Waals surface area contributed by atoms with Gasteiger partial charge in [0.15, 0.2) is 11.5 Å². The molecule has 2 aliphatic rings. The van der Waals surface area contributed by atoms with E-state index in [1.807, 2.05) is 0 Å². The van der Waals surface area contributed by atoms with Crippen LogP contribution in [0.25, 0.3) is 0 Å². The Morgan fingerprint density at radius 2 is 1.69 bits per heavy atom. The highest BCUT2D eigenvalue weighted by molar-refractivity contribution is 6.04. The predicted octanol–water partition coefficient (Wildman–Crippen LogP) is 2.47. The van der Waals surface area contributed by atoms with Crippen molar-refractivity contribution in [3.8, 4) is 23.1 Å². The van der Waals surface area contributed by atoms with Crippen molar-refractivity contribution < 1.29 is 24.1 Å². The molecule has 0 spiro atoms. The van der Waals surface area contributed by atoms with Gasteiger partial charge in [-0.25, -0.2) is 9.80 Å². The molecule has 1 aromatic heterocycles. The molecule has 2 N–H and O–H groups in total. The fourth-order valence-electron chi connectivity index (χ4n) is 4.98. The number of nitrogens with one attached hydrogen (secondary N) is 1. The van der Waals surface area contributed by atoms with Gasteiger partial charge in [-0.3, -0.25) is 19.1 Å². The number of rotatable bonds is 6. The van der Waals surface area contributed by atoms with Gasteiger partial charge < -0.3 is 19.3 Å². The highest BCUT2D eigenvalue weighted by Crippen LogP contribution is 2.43. The van der Waals surface area contributed by atoms with Crippen LogP contribution in [0.1, 0.15) is 68.7 Å². The number of ether oxygens (including phenoxy) is 3. The van der Waals surface area contributed by atoms with Gasteiger partial charge in [0.1, 0.15) is 5.56 Å². The Morgan fingerprint density at radius 1 is 1.06 bits per heavy atom. The molecular weight excluding hydrogens is 456 g/mol. The monoisotopic (exact) mass is 486 g/mol. The Balaban J connectivity index is 1.79. The van der Waals surface area contributed by atoms with E-state index in [0.717, 1.165) is 32.1 Å². The van der Waals surface area contributed by atoms with Gasteiger partial charge in [-0.15, -0.1) is 0 Å². The van der Waals surface area contributed by atoms with Crippen molar-refractivity contribution in [1.29, 1.82) is 0 Å². The summed E-state index contributed by atoms with van der Waals surface area (Å²) in [6, 6.07) is 2.63. The van der Waals surface area contributed by atoms with Crippen LogP contribution in [-0.2, 0) is 4.79 Å². The number of aromatic hydroxyl groups is 1. The van der Waals surface area contributed by atoms with Crippen LogP contribution in [0.5, 0.6) is 23.1 Å². The minimum Gasteiger partial charge on any atom is -0.494 e. The summed E-state index contributed by atoms with van der Waals surface area (Å²) in [5.41, 5.74) is -0.637. The molecule has 1 aromatic carbocycles. The van der Waals surface area contributed by atoms with Crippen molar-refractivity contribution in [2.24, 2.45) is 5.10 Å². The zero-order valence-corrected chi connectivity index (χ0v) is 20.3. The van der Waals surface area contributed by atoms with Crippen LogP contribution in [0.15, 0.2) is 26.8 Å². The highest BCUT2D eigenvalue weighted by Gasteiger charge is 2.36. The second-order valence-electron chi connectivity index (χ2n) is 8.71. The summed E-state index contributed by atoms with van der Waals surface area (Å²) >= 11 is 0. The Labute approximate surface area is 201 Å². The number of hydrazone groups is 1. The van der Waals surface area contributed by atoms with E-state index < -0.39 is 23.2 Å². The number of benzene rings is 1. The third-order valence-corrected chi connectivity index (χ3v) is 6.65. The van der Waals surface area contributed by atoms with Crippen molar-refractivity contribution >= 4 is 11.6 Å². The van der Waals surface area contributed by atoms with Crippen molar-refractivity contribution in [2.45, 2.75) is 57.5 Å². The molecule has 0 unspecified atom stereocenters.